The van der Waals surface area contributed by atoms with Crippen molar-refractivity contribution in [1.82, 2.24) is 0 Å². The van der Waals surface area contributed by atoms with Crippen LogP contribution in [0.5, 0.6) is 0 Å². The summed E-state index contributed by atoms with van der Waals surface area (Å²) in [6.07, 6.45) is 9.47. The third-order valence-electron chi connectivity index (χ3n) is 5.90. The summed E-state index contributed by atoms with van der Waals surface area (Å²) < 4.78 is 0. The molecule has 0 saturated heterocycles. The summed E-state index contributed by atoms with van der Waals surface area (Å²) in [5.74, 6) is 4.35. The molecule has 106 valence electrons. The van der Waals surface area contributed by atoms with Crippen molar-refractivity contribution in [2.45, 2.75) is 78.2 Å². The highest BCUT2D eigenvalue weighted by atomic mass is 14.8. The smallest absolute Gasteiger partial charge is 0.0183 e. The van der Waals surface area contributed by atoms with Crippen molar-refractivity contribution in [3.8, 4) is 0 Å². The molecule has 2 atom stereocenters. The van der Waals surface area contributed by atoms with Gasteiger partial charge in [0.2, 0.25) is 0 Å². The molecule has 1 nitrogen and oxygen atoms in total. The van der Waals surface area contributed by atoms with Crippen LogP contribution in [0.4, 0.5) is 0 Å². The van der Waals surface area contributed by atoms with Gasteiger partial charge in [-0.15, -0.1) is 0 Å². The summed E-state index contributed by atoms with van der Waals surface area (Å²) in [4.78, 5) is 0. The molecule has 0 aliphatic heterocycles. The second-order valence-electron chi connectivity index (χ2n) is 7.93. The zero-order valence-electron chi connectivity index (χ0n) is 12.9. The van der Waals surface area contributed by atoms with E-state index in [1.807, 2.05) is 0 Å². The van der Waals surface area contributed by atoms with E-state index in [4.69, 9.17) is 5.73 Å². The molecule has 0 bridgehead atoms. The first kappa shape index (κ1) is 14.4. The summed E-state index contributed by atoms with van der Waals surface area (Å²) in [5.41, 5.74) is 7.00. The Bertz CT molecular complexity index is 253. The van der Waals surface area contributed by atoms with Crippen molar-refractivity contribution in [2.75, 3.05) is 0 Å². The van der Waals surface area contributed by atoms with Crippen LogP contribution < -0.4 is 5.73 Å². The van der Waals surface area contributed by atoms with E-state index < -0.39 is 0 Å². The van der Waals surface area contributed by atoms with E-state index >= 15 is 0 Å². The predicted octanol–water partition coefficient (Wildman–Crippen LogP) is 4.60. The number of rotatable bonds is 2. The highest BCUT2D eigenvalue weighted by Gasteiger charge is 2.41. The highest BCUT2D eigenvalue weighted by molar-refractivity contribution is 4.98. The molecular weight excluding hydrogens is 218 g/mol. The monoisotopic (exact) mass is 251 g/mol. The van der Waals surface area contributed by atoms with E-state index in [0.717, 1.165) is 29.6 Å². The summed E-state index contributed by atoms with van der Waals surface area (Å²) in [7, 11) is 0. The Morgan fingerprint density at radius 1 is 0.944 bits per heavy atom. The molecule has 0 radical (unpaired) electrons. The summed E-state index contributed by atoms with van der Waals surface area (Å²) >= 11 is 0. The summed E-state index contributed by atoms with van der Waals surface area (Å²) in [6, 6.07) is 0. The van der Waals surface area contributed by atoms with Crippen molar-refractivity contribution >= 4 is 0 Å². The molecule has 18 heavy (non-hydrogen) atoms. The molecule has 2 unspecified atom stereocenters. The molecule has 2 N–H and O–H groups in total. The molecule has 0 aromatic heterocycles. The molecule has 2 saturated carbocycles. The first-order valence-electron chi connectivity index (χ1n) is 8.19. The van der Waals surface area contributed by atoms with Crippen LogP contribution in [0.2, 0.25) is 0 Å². The maximum absolute atomic E-state index is 6.82. The van der Waals surface area contributed by atoms with Crippen LogP contribution in [0.3, 0.4) is 0 Å². The van der Waals surface area contributed by atoms with E-state index in [1.165, 1.54) is 44.9 Å². The second kappa shape index (κ2) is 5.53. The van der Waals surface area contributed by atoms with E-state index in [1.54, 1.807) is 0 Å². The van der Waals surface area contributed by atoms with Crippen molar-refractivity contribution in [2.24, 2.45) is 35.3 Å². The summed E-state index contributed by atoms with van der Waals surface area (Å²) in [6.45, 7) is 9.59. The maximum atomic E-state index is 6.82. The minimum Gasteiger partial charge on any atom is -0.325 e. The Labute approximate surface area is 114 Å². The minimum atomic E-state index is 0.175. The molecule has 2 aliphatic rings. The quantitative estimate of drug-likeness (QED) is 0.762. The fraction of sp³-hybridized carbons (Fsp3) is 1.00. The van der Waals surface area contributed by atoms with E-state index in [-0.39, 0.29) is 5.54 Å². The zero-order valence-corrected chi connectivity index (χ0v) is 12.9. The van der Waals surface area contributed by atoms with Gasteiger partial charge in [0.15, 0.2) is 0 Å². The van der Waals surface area contributed by atoms with Gasteiger partial charge in [0.05, 0.1) is 0 Å². The Morgan fingerprint density at radius 2 is 1.44 bits per heavy atom. The minimum absolute atomic E-state index is 0.175. The molecule has 0 heterocycles. The lowest BCUT2D eigenvalue weighted by molar-refractivity contribution is 0.0812. The van der Waals surface area contributed by atoms with Gasteiger partial charge in [-0.2, -0.15) is 0 Å². The molecule has 0 aromatic rings. The first-order chi connectivity index (χ1) is 8.40. The van der Waals surface area contributed by atoms with Gasteiger partial charge in [-0.05, 0) is 74.5 Å². The van der Waals surface area contributed by atoms with Gasteiger partial charge in [0.1, 0.15) is 0 Å². The van der Waals surface area contributed by atoms with Gasteiger partial charge in [-0.3, -0.25) is 0 Å². The Balaban J connectivity index is 1.96. The van der Waals surface area contributed by atoms with Crippen molar-refractivity contribution in [1.29, 1.82) is 0 Å². The van der Waals surface area contributed by atoms with E-state index in [0.29, 0.717) is 0 Å². The number of hydrogen-bond donors (Lipinski definition) is 1. The average molecular weight is 251 g/mol. The molecular formula is C17H33N. The molecule has 1 heteroatoms. The predicted molar refractivity (Wildman–Crippen MR) is 79.4 cm³/mol. The third-order valence-corrected chi connectivity index (χ3v) is 5.90. The number of hydrogen-bond acceptors (Lipinski definition) is 1. The van der Waals surface area contributed by atoms with Crippen LogP contribution >= 0.6 is 0 Å². The Kier molecular flexibility index (Phi) is 4.41. The lowest BCUT2D eigenvalue weighted by Crippen LogP contribution is -2.52. The normalized spacial score (nSPS) is 46.3. The van der Waals surface area contributed by atoms with Crippen LogP contribution in [-0.2, 0) is 0 Å². The van der Waals surface area contributed by atoms with E-state index in [2.05, 4.69) is 27.7 Å². The van der Waals surface area contributed by atoms with Gasteiger partial charge in [0, 0.05) is 5.54 Å². The van der Waals surface area contributed by atoms with Crippen molar-refractivity contribution in [3.05, 3.63) is 0 Å². The van der Waals surface area contributed by atoms with Gasteiger partial charge >= 0.3 is 0 Å². The van der Waals surface area contributed by atoms with Crippen LogP contribution in [0.15, 0.2) is 0 Å². The molecule has 2 rings (SSSR count). The summed E-state index contributed by atoms with van der Waals surface area (Å²) in [5, 5.41) is 0. The molecule has 0 spiro atoms. The lowest BCUT2D eigenvalue weighted by atomic mass is 9.62. The lowest BCUT2D eigenvalue weighted by Gasteiger charge is -2.47. The van der Waals surface area contributed by atoms with Crippen LogP contribution in [-0.4, -0.2) is 5.54 Å². The first-order valence-corrected chi connectivity index (χ1v) is 8.19. The van der Waals surface area contributed by atoms with Crippen LogP contribution in [0, 0.1) is 29.6 Å². The fourth-order valence-electron chi connectivity index (χ4n) is 4.67. The second-order valence-corrected chi connectivity index (χ2v) is 7.93. The molecule has 0 aromatic carbocycles. The SMILES string of the molecule is CC1CC(C)CC(C2(N)CCC(C(C)C)CC2)C1. The Hall–Kier alpha value is -0.0400. The van der Waals surface area contributed by atoms with Gasteiger partial charge in [-0.1, -0.05) is 27.7 Å². The Morgan fingerprint density at radius 3 is 1.89 bits per heavy atom. The third kappa shape index (κ3) is 3.10. The van der Waals surface area contributed by atoms with Crippen molar-refractivity contribution in [3.63, 3.8) is 0 Å². The van der Waals surface area contributed by atoms with Crippen molar-refractivity contribution < 1.29 is 0 Å². The largest absolute Gasteiger partial charge is 0.325 e. The van der Waals surface area contributed by atoms with Crippen LogP contribution in [0.25, 0.3) is 0 Å². The van der Waals surface area contributed by atoms with Gasteiger partial charge in [-0.25, -0.2) is 0 Å². The maximum Gasteiger partial charge on any atom is 0.0183 e. The topological polar surface area (TPSA) is 26.0 Å². The molecule has 2 fully saturated rings. The van der Waals surface area contributed by atoms with Gasteiger partial charge in [0.25, 0.3) is 0 Å². The zero-order chi connectivity index (χ0) is 13.3. The van der Waals surface area contributed by atoms with E-state index in [9.17, 15) is 0 Å². The fourth-order valence-corrected chi connectivity index (χ4v) is 4.67. The number of nitrogens with two attached hydrogens (primary N) is 1. The molecule has 0 amide bonds. The average Bonchev–Trinajstić information content (AvgIpc) is 2.28. The highest BCUT2D eigenvalue weighted by Crippen LogP contribution is 2.45. The standard InChI is InChI=1S/C17H33N/c1-12(2)15-5-7-17(18,8-6-15)16-10-13(3)9-14(4)11-16/h12-16H,5-11,18H2,1-4H3. The van der Waals surface area contributed by atoms with Crippen LogP contribution in [0.1, 0.15) is 72.6 Å². The van der Waals surface area contributed by atoms with Gasteiger partial charge < -0.3 is 5.73 Å². The molecule has 2 aliphatic carbocycles.